The molecule has 0 unspecified atom stereocenters. The molecule has 0 bridgehead atoms. The Kier molecular flexibility index (Phi) is 1.67. The van der Waals surface area contributed by atoms with Gasteiger partial charge >= 0.3 is 5.69 Å². The van der Waals surface area contributed by atoms with Crippen LogP contribution in [-0.4, -0.2) is 14.7 Å². The molecule has 1 heterocycles. The lowest BCUT2D eigenvalue weighted by Crippen LogP contribution is -2.28. The second-order valence-electron chi connectivity index (χ2n) is 2.99. The molecular formula is C9H8N2O3. The molecule has 5 nitrogen and oxygen atoms in total. The van der Waals surface area contributed by atoms with Gasteiger partial charge in [-0.25, -0.2) is 4.79 Å². The minimum atomic E-state index is -0.538. The van der Waals surface area contributed by atoms with Crippen LogP contribution in [0.5, 0.6) is 5.75 Å². The van der Waals surface area contributed by atoms with E-state index in [1.54, 1.807) is 12.1 Å². The highest BCUT2D eigenvalue weighted by molar-refractivity contribution is 5.83. The van der Waals surface area contributed by atoms with Crippen LogP contribution in [0, 0.1) is 0 Å². The molecule has 0 radical (unpaired) electrons. The number of hydrogen-bond acceptors (Lipinski definition) is 3. The van der Waals surface area contributed by atoms with Crippen LogP contribution in [0.15, 0.2) is 27.8 Å². The van der Waals surface area contributed by atoms with Gasteiger partial charge in [-0.1, -0.05) is 6.07 Å². The molecule has 2 aromatic rings. The first-order valence-electron chi connectivity index (χ1n) is 4.02. The van der Waals surface area contributed by atoms with Gasteiger partial charge in [0.1, 0.15) is 5.75 Å². The number of aromatic amines is 1. The van der Waals surface area contributed by atoms with Crippen molar-refractivity contribution in [1.29, 1.82) is 0 Å². The number of nitrogens with one attached hydrogen (secondary N) is 1. The highest BCUT2D eigenvalue weighted by Crippen LogP contribution is 2.18. The fourth-order valence-corrected chi connectivity index (χ4v) is 1.42. The van der Waals surface area contributed by atoms with E-state index in [1.165, 1.54) is 17.7 Å². The normalized spacial score (nSPS) is 10.6. The van der Waals surface area contributed by atoms with Gasteiger partial charge in [0.25, 0.3) is 5.56 Å². The fourth-order valence-electron chi connectivity index (χ4n) is 1.42. The standard InChI is InChI=1S/C9H8N2O3/c1-11-7-5(3-2-4-6(7)12)8(13)10-9(11)14/h2-4,12H,1H3,(H,10,13,14). The minimum absolute atomic E-state index is 0.0757. The molecule has 1 aromatic carbocycles. The highest BCUT2D eigenvalue weighted by Gasteiger charge is 2.07. The Morgan fingerprint density at radius 3 is 2.79 bits per heavy atom. The third-order valence-electron chi connectivity index (χ3n) is 2.12. The average molecular weight is 192 g/mol. The lowest BCUT2D eigenvalue weighted by atomic mass is 10.2. The molecule has 0 amide bonds. The number of para-hydroxylation sites is 1. The van der Waals surface area contributed by atoms with Crippen molar-refractivity contribution >= 4 is 10.9 Å². The Morgan fingerprint density at radius 1 is 1.36 bits per heavy atom. The van der Waals surface area contributed by atoms with Gasteiger partial charge in [0.15, 0.2) is 0 Å². The van der Waals surface area contributed by atoms with E-state index in [1.807, 2.05) is 0 Å². The van der Waals surface area contributed by atoms with E-state index in [0.717, 1.165) is 0 Å². The summed E-state index contributed by atoms with van der Waals surface area (Å²) < 4.78 is 1.20. The molecule has 5 heteroatoms. The van der Waals surface area contributed by atoms with Crippen molar-refractivity contribution in [3.63, 3.8) is 0 Å². The van der Waals surface area contributed by atoms with Crippen LogP contribution < -0.4 is 11.2 Å². The van der Waals surface area contributed by atoms with Crippen LogP contribution in [0.3, 0.4) is 0 Å². The molecule has 2 rings (SSSR count). The number of rotatable bonds is 0. The van der Waals surface area contributed by atoms with E-state index >= 15 is 0 Å². The van der Waals surface area contributed by atoms with Gasteiger partial charge < -0.3 is 5.11 Å². The van der Waals surface area contributed by atoms with Gasteiger partial charge in [0, 0.05) is 7.05 Å². The van der Waals surface area contributed by atoms with Gasteiger partial charge in [-0.2, -0.15) is 0 Å². The number of phenols is 1. The van der Waals surface area contributed by atoms with E-state index in [0.29, 0.717) is 5.39 Å². The van der Waals surface area contributed by atoms with Crippen molar-refractivity contribution in [2.45, 2.75) is 0 Å². The number of nitrogens with zero attached hydrogens (tertiary/aromatic N) is 1. The van der Waals surface area contributed by atoms with Gasteiger partial charge in [0.2, 0.25) is 0 Å². The van der Waals surface area contributed by atoms with Crippen LogP contribution in [0.25, 0.3) is 10.9 Å². The first-order valence-corrected chi connectivity index (χ1v) is 4.02. The monoisotopic (exact) mass is 192 g/mol. The molecular weight excluding hydrogens is 184 g/mol. The molecule has 72 valence electrons. The Morgan fingerprint density at radius 2 is 2.07 bits per heavy atom. The number of aromatic hydroxyl groups is 1. The zero-order chi connectivity index (χ0) is 10.3. The van der Waals surface area contributed by atoms with Gasteiger partial charge in [0.05, 0.1) is 10.9 Å². The summed E-state index contributed by atoms with van der Waals surface area (Å²) in [5.41, 5.74) is -0.774. The second-order valence-corrected chi connectivity index (χ2v) is 2.99. The average Bonchev–Trinajstić information content (AvgIpc) is 2.14. The number of aryl methyl sites for hydroxylation is 1. The molecule has 14 heavy (non-hydrogen) atoms. The number of H-pyrrole nitrogens is 1. The summed E-state index contributed by atoms with van der Waals surface area (Å²) in [6, 6.07) is 4.53. The number of fused-ring (bicyclic) bond motifs is 1. The quantitative estimate of drug-likeness (QED) is 0.613. The molecule has 0 saturated carbocycles. The lowest BCUT2D eigenvalue weighted by Gasteiger charge is -2.04. The van der Waals surface area contributed by atoms with E-state index in [-0.39, 0.29) is 11.3 Å². The largest absolute Gasteiger partial charge is 0.506 e. The predicted molar refractivity (Wildman–Crippen MR) is 51.5 cm³/mol. The molecule has 0 atom stereocenters. The Labute approximate surface area is 78.2 Å². The van der Waals surface area contributed by atoms with Crippen molar-refractivity contribution in [2.75, 3.05) is 0 Å². The molecule has 0 aliphatic carbocycles. The summed E-state index contributed by atoms with van der Waals surface area (Å²) >= 11 is 0. The summed E-state index contributed by atoms with van der Waals surface area (Å²) in [7, 11) is 1.49. The van der Waals surface area contributed by atoms with E-state index in [2.05, 4.69) is 4.98 Å². The van der Waals surface area contributed by atoms with Gasteiger partial charge in [-0.3, -0.25) is 14.3 Å². The maximum Gasteiger partial charge on any atom is 0.328 e. The Hall–Kier alpha value is -2.04. The number of hydrogen-bond donors (Lipinski definition) is 2. The highest BCUT2D eigenvalue weighted by atomic mass is 16.3. The van der Waals surface area contributed by atoms with Crippen LogP contribution in [0.2, 0.25) is 0 Å². The molecule has 0 fully saturated rings. The zero-order valence-corrected chi connectivity index (χ0v) is 7.44. The molecule has 2 N–H and O–H groups in total. The Bertz CT molecular complexity index is 609. The van der Waals surface area contributed by atoms with Crippen LogP contribution in [-0.2, 0) is 7.05 Å². The molecule has 0 saturated heterocycles. The minimum Gasteiger partial charge on any atom is -0.506 e. The second kappa shape index (κ2) is 2.73. The van der Waals surface area contributed by atoms with E-state index in [4.69, 9.17) is 0 Å². The number of phenolic OH excluding ortho intramolecular Hbond substituents is 1. The van der Waals surface area contributed by atoms with Gasteiger partial charge in [-0.15, -0.1) is 0 Å². The summed E-state index contributed by atoms with van der Waals surface area (Å²) in [6.45, 7) is 0. The topological polar surface area (TPSA) is 75.1 Å². The third kappa shape index (κ3) is 1.02. The molecule has 0 spiro atoms. The number of aromatic nitrogens is 2. The van der Waals surface area contributed by atoms with Crippen molar-refractivity contribution < 1.29 is 5.11 Å². The maximum absolute atomic E-state index is 11.3. The van der Waals surface area contributed by atoms with E-state index < -0.39 is 11.2 Å². The lowest BCUT2D eigenvalue weighted by molar-refractivity contribution is 0.478. The van der Waals surface area contributed by atoms with Crippen molar-refractivity contribution in [3.8, 4) is 5.75 Å². The predicted octanol–water partition coefficient (Wildman–Crippen LogP) is -0.0676. The smallest absolute Gasteiger partial charge is 0.328 e. The van der Waals surface area contributed by atoms with Crippen LogP contribution in [0.1, 0.15) is 0 Å². The van der Waals surface area contributed by atoms with Crippen molar-refractivity contribution in [3.05, 3.63) is 39.0 Å². The summed E-state index contributed by atoms with van der Waals surface area (Å²) in [5.74, 6) is -0.0757. The SMILES string of the molecule is Cn1c(=O)[nH]c(=O)c2cccc(O)c21. The first-order chi connectivity index (χ1) is 6.61. The summed E-state index contributed by atoms with van der Waals surface area (Å²) in [4.78, 5) is 24.7. The van der Waals surface area contributed by atoms with Crippen molar-refractivity contribution in [2.24, 2.45) is 7.05 Å². The maximum atomic E-state index is 11.3. The van der Waals surface area contributed by atoms with E-state index in [9.17, 15) is 14.7 Å². The zero-order valence-electron chi connectivity index (χ0n) is 7.44. The van der Waals surface area contributed by atoms with Crippen molar-refractivity contribution in [1.82, 2.24) is 9.55 Å². The third-order valence-corrected chi connectivity index (χ3v) is 2.12. The Balaban J connectivity index is 3.19. The molecule has 1 aromatic heterocycles. The van der Waals surface area contributed by atoms with Crippen LogP contribution in [0.4, 0.5) is 0 Å². The molecule has 0 aliphatic rings. The summed E-state index contributed by atoms with van der Waals surface area (Å²) in [6.07, 6.45) is 0. The number of benzene rings is 1. The molecule has 0 aliphatic heterocycles. The first kappa shape index (κ1) is 8.55. The van der Waals surface area contributed by atoms with Gasteiger partial charge in [-0.05, 0) is 12.1 Å². The van der Waals surface area contributed by atoms with Crippen LogP contribution >= 0.6 is 0 Å². The summed E-state index contributed by atoms with van der Waals surface area (Å²) in [5, 5.41) is 9.79. The fraction of sp³-hybridized carbons (Fsp3) is 0.111.